The van der Waals surface area contributed by atoms with Gasteiger partial charge in [0.25, 0.3) is 0 Å². The molecule has 5 heteroatoms. The molecule has 0 amide bonds. The Balaban J connectivity index is 2.24. The number of anilines is 1. The number of methoxy groups -OCH3 is 1. The standard InChI is InChI=1S/C16H16N4O/c1-9-4-5-12(21-3)8-13(9)11-6-10(2)15-14(7-11)19-20-16(17)18-15/h4-8H,1-3H3,(H2,17,18,20). The summed E-state index contributed by atoms with van der Waals surface area (Å²) >= 11 is 0. The van der Waals surface area contributed by atoms with Crippen molar-refractivity contribution in [3.8, 4) is 16.9 Å². The molecule has 0 bridgehead atoms. The van der Waals surface area contributed by atoms with Crippen molar-refractivity contribution in [2.45, 2.75) is 13.8 Å². The fourth-order valence-electron chi connectivity index (χ4n) is 2.42. The zero-order valence-electron chi connectivity index (χ0n) is 12.2. The molecule has 0 saturated heterocycles. The highest BCUT2D eigenvalue weighted by Gasteiger charge is 2.09. The maximum Gasteiger partial charge on any atom is 0.240 e. The molecule has 5 nitrogen and oxygen atoms in total. The molecular formula is C16H16N4O. The average molecular weight is 280 g/mol. The lowest BCUT2D eigenvalue weighted by Crippen LogP contribution is -1.99. The summed E-state index contributed by atoms with van der Waals surface area (Å²) in [4.78, 5) is 4.25. The first kappa shape index (κ1) is 13.3. The van der Waals surface area contributed by atoms with Gasteiger partial charge in [-0.05, 0) is 60.4 Å². The molecule has 21 heavy (non-hydrogen) atoms. The van der Waals surface area contributed by atoms with E-state index in [9.17, 15) is 0 Å². The van der Waals surface area contributed by atoms with Gasteiger partial charge in [-0.3, -0.25) is 0 Å². The summed E-state index contributed by atoms with van der Waals surface area (Å²) in [5.41, 5.74) is 11.5. The third-order valence-electron chi connectivity index (χ3n) is 3.52. The summed E-state index contributed by atoms with van der Waals surface area (Å²) in [5.74, 6) is 1.02. The van der Waals surface area contributed by atoms with Crippen LogP contribution < -0.4 is 10.5 Å². The van der Waals surface area contributed by atoms with Gasteiger partial charge in [0.1, 0.15) is 11.3 Å². The third-order valence-corrected chi connectivity index (χ3v) is 3.52. The highest BCUT2D eigenvalue weighted by molar-refractivity contribution is 5.85. The fraction of sp³-hybridized carbons (Fsp3) is 0.188. The second kappa shape index (κ2) is 5.01. The Kier molecular flexibility index (Phi) is 3.17. The van der Waals surface area contributed by atoms with Crippen LogP contribution in [-0.4, -0.2) is 22.3 Å². The van der Waals surface area contributed by atoms with Crippen molar-refractivity contribution in [3.63, 3.8) is 0 Å². The van der Waals surface area contributed by atoms with E-state index >= 15 is 0 Å². The smallest absolute Gasteiger partial charge is 0.240 e. The van der Waals surface area contributed by atoms with Gasteiger partial charge in [-0.25, -0.2) is 4.98 Å². The second-order valence-corrected chi connectivity index (χ2v) is 5.01. The van der Waals surface area contributed by atoms with Crippen molar-refractivity contribution in [3.05, 3.63) is 41.5 Å². The Labute approximate surface area is 122 Å². The van der Waals surface area contributed by atoms with Crippen LogP contribution in [0, 0.1) is 13.8 Å². The van der Waals surface area contributed by atoms with Crippen LogP contribution in [-0.2, 0) is 0 Å². The summed E-state index contributed by atoms with van der Waals surface area (Å²) in [6.45, 7) is 4.07. The van der Waals surface area contributed by atoms with Crippen LogP contribution in [0.1, 0.15) is 11.1 Å². The Hall–Kier alpha value is -2.69. The van der Waals surface area contributed by atoms with E-state index in [1.807, 2.05) is 31.2 Å². The van der Waals surface area contributed by atoms with Crippen LogP contribution in [0.4, 0.5) is 5.95 Å². The van der Waals surface area contributed by atoms with Crippen molar-refractivity contribution in [1.82, 2.24) is 15.2 Å². The number of nitrogens with zero attached hydrogens (tertiary/aromatic N) is 3. The Morgan fingerprint density at radius 2 is 1.81 bits per heavy atom. The van der Waals surface area contributed by atoms with Crippen molar-refractivity contribution in [2.24, 2.45) is 0 Å². The van der Waals surface area contributed by atoms with Crippen LogP contribution in [0.15, 0.2) is 30.3 Å². The molecule has 1 heterocycles. The zero-order chi connectivity index (χ0) is 15.0. The lowest BCUT2D eigenvalue weighted by atomic mass is 9.98. The van der Waals surface area contributed by atoms with E-state index < -0.39 is 0 Å². The van der Waals surface area contributed by atoms with Gasteiger partial charge in [0.05, 0.1) is 12.6 Å². The molecule has 0 aliphatic carbocycles. The minimum Gasteiger partial charge on any atom is -0.497 e. The number of aromatic nitrogens is 3. The van der Waals surface area contributed by atoms with Crippen molar-refractivity contribution in [2.75, 3.05) is 12.8 Å². The molecule has 1 aromatic heterocycles. The predicted molar refractivity (Wildman–Crippen MR) is 83.2 cm³/mol. The summed E-state index contributed by atoms with van der Waals surface area (Å²) in [5, 5.41) is 7.96. The first-order chi connectivity index (χ1) is 10.1. The molecule has 0 fully saturated rings. The van der Waals surface area contributed by atoms with E-state index in [1.165, 1.54) is 5.56 Å². The minimum atomic E-state index is 0.191. The first-order valence-corrected chi connectivity index (χ1v) is 6.64. The van der Waals surface area contributed by atoms with Gasteiger partial charge in [-0.2, -0.15) is 0 Å². The number of hydrogen-bond acceptors (Lipinski definition) is 5. The molecule has 0 aliphatic rings. The van der Waals surface area contributed by atoms with Gasteiger partial charge in [0, 0.05) is 0 Å². The van der Waals surface area contributed by atoms with Gasteiger partial charge < -0.3 is 10.5 Å². The van der Waals surface area contributed by atoms with Crippen molar-refractivity contribution >= 4 is 17.0 Å². The van der Waals surface area contributed by atoms with Crippen LogP contribution in [0.3, 0.4) is 0 Å². The topological polar surface area (TPSA) is 73.9 Å². The monoisotopic (exact) mass is 280 g/mol. The molecule has 3 aromatic rings. The van der Waals surface area contributed by atoms with E-state index in [0.717, 1.165) is 33.5 Å². The molecule has 0 unspecified atom stereocenters. The van der Waals surface area contributed by atoms with Crippen LogP contribution in [0.25, 0.3) is 22.2 Å². The number of rotatable bonds is 2. The molecule has 0 saturated carbocycles. The highest BCUT2D eigenvalue weighted by atomic mass is 16.5. The van der Waals surface area contributed by atoms with Gasteiger partial charge in [0.15, 0.2) is 0 Å². The van der Waals surface area contributed by atoms with Gasteiger partial charge in [0.2, 0.25) is 5.95 Å². The number of benzene rings is 2. The number of hydrogen-bond donors (Lipinski definition) is 1. The maximum absolute atomic E-state index is 5.60. The maximum atomic E-state index is 5.60. The molecule has 0 spiro atoms. The average Bonchev–Trinajstić information content (AvgIpc) is 2.48. The molecule has 0 atom stereocenters. The molecule has 106 valence electrons. The molecule has 3 rings (SSSR count). The third kappa shape index (κ3) is 2.38. The fourth-order valence-corrected chi connectivity index (χ4v) is 2.42. The van der Waals surface area contributed by atoms with Gasteiger partial charge >= 0.3 is 0 Å². The second-order valence-electron chi connectivity index (χ2n) is 5.01. The number of aryl methyl sites for hydroxylation is 2. The number of ether oxygens (including phenoxy) is 1. The Morgan fingerprint density at radius 1 is 1.00 bits per heavy atom. The molecule has 2 aromatic carbocycles. The van der Waals surface area contributed by atoms with Crippen molar-refractivity contribution < 1.29 is 4.74 Å². The van der Waals surface area contributed by atoms with E-state index in [1.54, 1.807) is 7.11 Å². The van der Waals surface area contributed by atoms with Crippen LogP contribution >= 0.6 is 0 Å². The Morgan fingerprint density at radius 3 is 2.57 bits per heavy atom. The van der Waals surface area contributed by atoms with Crippen LogP contribution in [0.5, 0.6) is 5.75 Å². The predicted octanol–water partition coefficient (Wildman–Crippen LogP) is 2.90. The lowest BCUT2D eigenvalue weighted by molar-refractivity contribution is 0.415. The van der Waals surface area contributed by atoms with Crippen LogP contribution in [0.2, 0.25) is 0 Å². The summed E-state index contributed by atoms with van der Waals surface area (Å²) in [6.07, 6.45) is 0. The van der Waals surface area contributed by atoms with E-state index in [-0.39, 0.29) is 5.95 Å². The Bertz CT molecular complexity index is 830. The van der Waals surface area contributed by atoms with Gasteiger partial charge in [-0.15, -0.1) is 10.2 Å². The molecule has 0 aliphatic heterocycles. The summed E-state index contributed by atoms with van der Waals surface area (Å²) in [6, 6.07) is 10.1. The largest absolute Gasteiger partial charge is 0.497 e. The van der Waals surface area contributed by atoms with Crippen molar-refractivity contribution in [1.29, 1.82) is 0 Å². The summed E-state index contributed by atoms with van der Waals surface area (Å²) < 4.78 is 5.31. The molecule has 2 N–H and O–H groups in total. The SMILES string of the molecule is COc1ccc(C)c(-c2cc(C)c3nc(N)nnc3c2)c1. The normalized spacial score (nSPS) is 10.8. The highest BCUT2D eigenvalue weighted by Crippen LogP contribution is 2.30. The molecular weight excluding hydrogens is 264 g/mol. The lowest BCUT2D eigenvalue weighted by Gasteiger charge is -2.10. The number of nitrogen functional groups attached to an aromatic ring is 1. The van der Waals surface area contributed by atoms with E-state index in [4.69, 9.17) is 10.5 Å². The molecule has 0 radical (unpaired) electrons. The number of fused-ring (bicyclic) bond motifs is 1. The quantitative estimate of drug-likeness (QED) is 0.781. The number of nitrogens with two attached hydrogens (primary N) is 1. The van der Waals surface area contributed by atoms with Gasteiger partial charge in [-0.1, -0.05) is 6.07 Å². The van der Waals surface area contributed by atoms with E-state index in [0.29, 0.717) is 0 Å². The van der Waals surface area contributed by atoms with E-state index in [2.05, 4.69) is 28.2 Å². The first-order valence-electron chi connectivity index (χ1n) is 6.64. The minimum absolute atomic E-state index is 0.191. The summed E-state index contributed by atoms with van der Waals surface area (Å²) in [7, 11) is 1.66. The zero-order valence-corrected chi connectivity index (χ0v) is 12.2.